The lowest BCUT2D eigenvalue weighted by atomic mass is 10.1. The van der Waals surface area contributed by atoms with Crippen molar-refractivity contribution in [3.05, 3.63) is 35.6 Å². The number of carbonyl (C=O) groups is 3. The Hall–Kier alpha value is -2.44. The van der Waals surface area contributed by atoms with E-state index >= 15 is 0 Å². The van der Waals surface area contributed by atoms with Gasteiger partial charge in [-0.2, -0.15) is 0 Å². The van der Waals surface area contributed by atoms with E-state index in [2.05, 4.69) is 10.1 Å². The number of carbonyl (C=O) groups excluding carboxylic acids is 2. The maximum absolute atomic E-state index is 12.7. The number of ether oxygens (including phenoxy) is 1. The van der Waals surface area contributed by atoms with Gasteiger partial charge in [-0.1, -0.05) is 12.1 Å². The minimum Gasteiger partial charge on any atom is -0.480 e. The Kier molecular flexibility index (Phi) is 5.64. The summed E-state index contributed by atoms with van der Waals surface area (Å²) in [5.74, 6) is -3.01. The van der Waals surface area contributed by atoms with Gasteiger partial charge in [0.15, 0.2) is 6.61 Å². The minimum absolute atomic E-state index is 0.00141. The summed E-state index contributed by atoms with van der Waals surface area (Å²) in [6.07, 6.45) is 0.00141. The van der Waals surface area contributed by atoms with Crippen molar-refractivity contribution >= 4 is 17.8 Å². The molecule has 0 aliphatic heterocycles. The predicted molar refractivity (Wildman–Crippen MR) is 66.3 cm³/mol. The molecule has 0 unspecified atom stereocenters. The number of benzene rings is 1. The number of nitrogens with one attached hydrogen (secondary N) is 1. The lowest BCUT2D eigenvalue weighted by Gasteiger charge is -2.14. The molecule has 0 aliphatic rings. The van der Waals surface area contributed by atoms with Crippen molar-refractivity contribution in [3.63, 3.8) is 0 Å². The van der Waals surface area contributed by atoms with Crippen LogP contribution in [0.5, 0.6) is 0 Å². The Bertz CT molecular complexity index is 500. The molecule has 1 aromatic carbocycles. The first-order valence-electron chi connectivity index (χ1n) is 5.78. The molecule has 0 bridgehead atoms. The van der Waals surface area contributed by atoms with Crippen LogP contribution in [0.25, 0.3) is 0 Å². The molecule has 1 aromatic rings. The third-order valence-electron chi connectivity index (χ3n) is 2.39. The first-order chi connectivity index (χ1) is 9.38. The molecule has 1 atom stereocenters. The SMILES string of the molecule is CC(=O)OCC(=O)N[C@H](Cc1ccc(F)cc1)C(=O)O. The van der Waals surface area contributed by atoms with E-state index in [1.165, 1.54) is 24.3 Å². The summed E-state index contributed by atoms with van der Waals surface area (Å²) in [5, 5.41) is 11.2. The second-order valence-electron chi connectivity index (χ2n) is 4.07. The Balaban J connectivity index is 2.60. The van der Waals surface area contributed by atoms with Gasteiger partial charge in [0.25, 0.3) is 5.91 Å². The minimum atomic E-state index is -1.23. The van der Waals surface area contributed by atoms with Crippen LogP contribution in [0.2, 0.25) is 0 Å². The number of esters is 1. The van der Waals surface area contributed by atoms with Crippen LogP contribution in [-0.2, 0) is 25.5 Å². The molecule has 0 heterocycles. The molecular formula is C13H14FNO5. The quantitative estimate of drug-likeness (QED) is 0.742. The van der Waals surface area contributed by atoms with Gasteiger partial charge < -0.3 is 15.2 Å². The zero-order chi connectivity index (χ0) is 15.1. The van der Waals surface area contributed by atoms with Crippen LogP contribution in [0, 0.1) is 5.82 Å². The van der Waals surface area contributed by atoms with E-state index in [0.717, 1.165) is 6.92 Å². The van der Waals surface area contributed by atoms with Gasteiger partial charge in [0, 0.05) is 13.3 Å². The van der Waals surface area contributed by atoms with Crippen molar-refractivity contribution in [2.24, 2.45) is 0 Å². The molecule has 0 aromatic heterocycles. The lowest BCUT2D eigenvalue weighted by molar-refractivity contribution is -0.148. The highest BCUT2D eigenvalue weighted by molar-refractivity contribution is 5.85. The monoisotopic (exact) mass is 283 g/mol. The zero-order valence-corrected chi connectivity index (χ0v) is 10.8. The van der Waals surface area contributed by atoms with E-state index in [9.17, 15) is 18.8 Å². The van der Waals surface area contributed by atoms with Crippen molar-refractivity contribution < 1.29 is 28.6 Å². The molecule has 0 spiro atoms. The van der Waals surface area contributed by atoms with E-state index in [-0.39, 0.29) is 6.42 Å². The summed E-state index contributed by atoms with van der Waals surface area (Å²) in [6.45, 7) is 0.600. The lowest BCUT2D eigenvalue weighted by Crippen LogP contribution is -2.44. The topological polar surface area (TPSA) is 92.7 Å². The van der Waals surface area contributed by atoms with Gasteiger partial charge in [0.1, 0.15) is 11.9 Å². The molecule has 2 N–H and O–H groups in total. The Morgan fingerprint density at radius 1 is 1.30 bits per heavy atom. The second kappa shape index (κ2) is 7.22. The number of hydrogen-bond donors (Lipinski definition) is 2. The molecule has 0 saturated heterocycles. The molecular weight excluding hydrogens is 269 g/mol. The van der Waals surface area contributed by atoms with Crippen LogP contribution in [0.3, 0.4) is 0 Å². The van der Waals surface area contributed by atoms with Crippen LogP contribution in [0.15, 0.2) is 24.3 Å². The number of amides is 1. The fourth-order valence-corrected chi connectivity index (χ4v) is 1.46. The standard InChI is InChI=1S/C13H14FNO5/c1-8(16)20-7-12(17)15-11(13(18)19)6-9-2-4-10(14)5-3-9/h2-5,11H,6-7H2,1H3,(H,15,17)(H,18,19)/t11-/m1/s1. The smallest absolute Gasteiger partial charge is 0.326 e. The highest BCUT2D eigenvalue weighted by atomic mass is 19.1. The Labute approximate surface area is 114 Å². The molecule has 7 heteroatoms. The highest BCUT2D eigenvalue weighted by Crippen LogP contribution is 2.06. The summed E-state index contributed by atoms with van der Waals surface area (Å²) in [5.41, 5.74) is 0.562. The summed E-state index contributed by atoms with van der Waals surface area (Å²) >= 11 is 0. The molecule has 6 nitrogen and oxygen atoms in total. The van der Waals surface area contributed by atoms with Crippen molar-refractivity contribution in [2.75, 3.05) is 6.61 Å². The number of carboxylic acid groups (broad SMARTS) is 1. The normalized spacial score (nSPS) is 11.5. The third-order valence-corrected chi connectivity index (χ3v) is 2.39. The Morgan fingerprint density at radius 3 is 2.40 bits per heavy atom. The number of hydrogen-bond acceptors (Lipinski definition) is 4. The third kappa shape index (κ3) is 5.47. The van der Waals surface area contributed by atoms with E-state index in [4.69, 9.17) is 5.11 Å². The first kappa shape index (κ1) is 15.6. The molecule has 1 rings (SSSR count). The fraction of sp³-hybridized carbons (Fsp3) is 0.308. The molecule has 0 saturated carbocycles. The van der Waals surface area contributed by atoms with Gasteiger partial charge in [-0.15, -0.1) is 0 Å². The van der Waals surface area contributed by atoms with Crippen LogP contribution >= 0.6 is 0 Å². The highest BCUT2D eigenvalue weighted by Gasteiger charge is 2.20. The van der Waals surface area contributed by atoms with Crippen molar-refractivity contribution in [1.29, 1.82) is 0 Å². The zero-order valence-electron chi connectivity index (χ0n) is 10.8. The van der Waals surface area contributed by atoms with Crippen LogP contribution in [0.1, 0.15) is 12.5 Å². The second-order valence-corrected chi connectivity index (χ2v) is 4.07. The summed E-state index contributed by atoms with van der Waals surface area (Å²) in [4.78, 5) is 33.0. The Morgan fingerprint density at radius 2 is 1.90 bits per heavy atom. The number of halogens is 1. The summed E-state index contributed by atoms with van der Waals surface area (Å²) in [6, 6.07) is 4.10. The van der Waals surface area contributed by atoms with Crippen LogP contribution in [-0.4, -0.2) is 35.6 Å². The molecule has 0 radical (unpaired) electrons. The number of rotatable bonds is 6. The molecule has 20 heavy (non-hydrogen) atoms. The molecule has 0 fully saturated rings. The predicted octanol–water partition coefficient (Wildman–Crippen LogP) is 0.501. The van der Waals surface area contributed by atoms with E-state index in [1.54, 1.807) is 0 Å². The van der Waals surface area contributed by atoms with Crippen molar-refractivity contribution in [2.45, 2.75) is 19.4 Å². The summed E-state index contributed by atoms with van der Waals surface area (Å²) in [7, 11) is 0. The van der Waals surface area contributed by atoms with E-state index < -0.39 is 36.3 Å². The molecule has 0 aliphatic carbocycles. The van der Waals surface area contributed by atoms with Gasteiger partial charge in [-0.05, 0) is 17.7 Å². The fourth-order valence-electron chi connectivity index (χ4n) is 1.46. The maximum Gasteiger partial charge on any atom is 0.326 e. The van der Waals surface area contributed by atoms with Crippen molar-refractivity contribution in [3.8, 4) is 0 Å². The van der Waals surface area contributed by atoms with Gasteiger partial charge in [0.05, 0.1) is 0 Å². The first-order valence-corrected chi connectivity index (χ1v) is 5.78. The largest absolute Gasteiger partial charge is 0.480 e. The molecule has 1 amide bonds. The average Bonchev–Trinajstić information content (AvgIpc) is 2.38. The van der Waals surface area contributed by atoms with Gasteiger partial charge in [0.2, 0.25) is 0 Å². The molecule has 108 valence electrons. The van der Waals surface area contributed by atoms with Gasteiger partial charge >= 0.3 is 11.9 Å². The van der Waals surface area contributed by atoms with E-state index in [0.29, 0.717) is 5.56 Å². The summed E-state index contributed by atoms with van der Waals surface area (Å²) < 4.78 is 17.2. The van der Waals surface area contributed by atoms with Crippen LogP contribution < -0.4 is 5.32 Å². The van der Waals surface area contributed by atoms with Gasteiger partial charge in [-0.25, -0.2) is 9.18 Å². The van der Waals surface area contributed by atoms with Gasteiger partial charge in [-0.3, -0.25) is 9.59 Å². The maximum atomic E-state index is 12.7. The van der Waals surface area contributed by atoms with E-state index in [1.807, 2.05) is 0 Å². The van der Waals surface area contributed by atoms with Crippen LogP contribution in [0.4, 0.5) is 4.39 Å². The number of aliphatic carboxylic acids is 1. The average molecular weight is 283 g/mol. The van der Waals surface area contributed by atoms with Crippen molar-refractivity contribution in [1.82, 2.24) is 5.32 Å². The number of carboxylic acids is 1.